The molecule has 56 heavy (non-hydrogen) atoms. The summed E-state index contributed by atoms with van der Waals surface area (Å²) in [6.07, 6.45) is 10.4. The average Bonchev–Trinajstić information content (AvgIpc) is 3.55. The molecule has 13 nitrogen and oxygen atoms in total. The van der Waals surface area contributed by atoms with Gasteiger partial charge in [0.2, 0.25) is 5.79 Å². The smallest absolute Gasteiger partial charge is 0.335 e. The van der Waals surface area contributed by atoms with Gasteiger partial charge >= 0.3 is 5.97 Å². The highest BCUT2D eigenvalue weighted by Gasteiger charge is 2.54. The zero-order valence-corrected chi connectivity index (χ0v) is 33.7. The third-order valence-corrected chi connectivity index (χ3v) is 13.6. The number of aliphatic carboxylic acids is 1. The van der Waals surface area contributed by atoms with Gasteiger partial charge in [-0.05, 0) is 95.6 Å². The molecule has 6 saturated heterocycles. The van der Waals surface area contributed by atoms with E-state index in [4.69, 9.17) is 33.2 Å². The quantitative estimate of drug-likeness (QED) is 0.187. The fraction of sp³-hybridized carbons (Fsp3) is 0.837. The molecule has 0 amide bonds. The maximum atomic E-state index is 11.6. The molecule has 16 atom stereocenters. The van der Waals surface area contributed by atoms with E-state index in [1.54, 1.807) is 6.08 Å². The SMILES string of the molecule is C=C1[C@@H](O)[C@@H]2O[C@@]3(CCC2O[C@@H]1[C@@H](O)C[C@H](C)C1CCC[C@]2(CCCCO2)O1)CC[C@H](/C=C/[C@@H](C)[C@@H]1CC(C)=C[C@@]2(OC(C[C@@](C)(O)C(=O)O)CC[C@H]2O)O1)O3. The van der Waals surface area contributed by atoms with E-state index in [1.807, 2.05) is 19.9 Å². The van der Waals surface area contributed by atoms with Crippen LogP contribution in [0.1, 0.15) is 124 Å². The minimum atomic E-state index is -1.96. The van der Waals surface area contributed by atoms with Gasteiger partial charge in [-0.15, -0.1) is 0 Å². The van der Waals surface area contributed by atoms with Crippen molar-refractivity contribution in [3.63, 3.8) is 0 Å². The van der Waals surface area contributed by atoms with Crippen LogP contribution >= 0.6 is 0 Å². The highest BCUT2D eigenvalue weighted by atomic mass is 16.7. The molecule has 7 heterocycles. The Morgan fingerprint density at radius 1 is 0.964 bits per heavy atom. The number of carboxylic acids is 1. The van der Waals surface area contributed by atoms with E-state index >= 15 is 0 Å². The Bertz CT molecular complexity index is 1470. The van der Waals surface area contributed by atoms with Crippen LogP contribution in [0.15, 0.2) is 36.0 Å². The summed E-state index contributed by atoms with van der Waals surface area (Å²) in [5, 5.41) is 53.9. The number of rotatable bonds is 10. The van der Waals surface area contributed by atoms with E-state index in [2.05, 4.69) is 19.6 Å². The molecule has 0 aromatic carbocycles. The van der Waals surface area contributed by atoms with Crippen molar-refractivity contribution >= 4 is 5.97 Å². The normalized spacial score (nSPS) is 44.7. The standard InChI is InChI=1S/C43H66O13/c1-25-21-34(55-43(23-25)35(45)13-12-30(53-43)24-40(5,49)39(47)48)26(2)10-11-29-14-18-42(52-29)19-15-33-38(56-42)36(46)28(4)37(51-33)31(44)22-27(3)32-9-8-17-41(54-32)16-6-7-20-50-41/h10-11,23,26-27,29-38,44-46,49H,4,6-9,12-22,24H2,1-3,5H3,(H,47,48)/b11-10+/t26-,27+,29+,30?,31+,32?,33?,34+,35-,36-,37+,38-,40-,41+,42-,43-/m1/s1. The van der Waals surface area contributed by atoms with Crippen LogP contribution in [0.3, 0.4) is 0 Å². The Kier molecular flexibility index (Phi) is 12.7. The van der Waals surface area contributed by atoms with E-state index in [0.29, 0.717) is 50.5 Å². The van der Waals surface area contributed by atoms with Crippen LogP contribution in [0, 0.1) is 11.8 Å². The molecule has 6 fully saturated rings. The first-order valence-corrected chi connectivity index (χ1v) is 21.3. The Morgan fingerprint density at radius 3 is 2.48 bits per heavy atom. The molecule has 13 heteroatoms. The van der Waals surface area contributed by atoms with Crippen molar-refractivity contribution in [2.45, 2.75) is 208 Å². The molecule has 0 saturated carbocycles. The number of hydrogen-bond acceptors (Lipinski definition) is 12. The second-order valence-corrected chi connectivity index (χ2v) is 18.3. The highest BCUT2D eigenvalue weighted by molar-refractivity contribution is 5.76. The number of ether oxygens (including phenoxy) is 7. The fourth-order valence-corrected chi connectivity index (χ4v) is 10.2. The van der Waals surface area contributed by atoms with Gasteiger partial charge in [-0.2, -0.15) is 0 Å². The maximum Gasteiger partial charge on any atom is 0.335 e. The largest absolute Gasteiger partial charge is 0.479 e. The second kappa shape index (κ2) is 16.7. The average molecular weight is 791 g/mol. The number of fused-ring (bicyclic) bond motifs is 1. The lowest BCUT2D eigenvalue weighted by Gasteiger charge is -2.50. The van der Waals surface area contributed by atoms with Crippen molar-refractivity contribution in [1.29, 1.82) is 0 Å². The molecule has 0 aliphatic carbocycles. The molecule has 0 radical (unpaired) electrons. The van der Waals surface area contributed by atoms with E-state index in [-0.39, 0.29) is 36.6 Å². The number of aliphatic hydroxyl groups excluding tert-OH is 3. The lowest BCUT2D eigenvalue weighted by atomic mass is 9.82. The van der Waals surface area contributed by atoms with Crippen LogP contribution < -0.4 is 0 Å². The molecule has 0 bridgehead atoms. The van der Waals surface area contributed by atoms with Crippen LogP contribution in [0.25, 0.3) is 0 Å². The minimum absolute atomic E-state index is 0.00993. The molecular formula is C43H66O13. The van der Waals surface area contributed by atoms with Gasteiger partial charge < -0.3 is 58.7 Å². The minimum Gasteiger partial charge on any atom is -0.479 e. The van der Waals surface area contributed by atoms with Crippen LogP contribution in [0.5, 0.6) is 0 Å². The monoisotopic (exact) mass is 790 g/mol. The zero-order valence-electron chi connectivity index (χ0n) is 33.7. The molecule has 7 rings (SSSR count). The predicted molar refractivity (Wildman–Crippen MR) is 203 cm³/mol. The van der Waals surface area contributed by atoms with E-state index in [9.17, 15) is 30.3 Å². The summed E-state index contributed by atoms with van der Waals surface area (Å²) in [6.45, 7) is 12.3. The molecule has 5 N–H and O–H groups in total. The number of carbonyl (C=O) groups is 1. The van der Waals surface area contributed by atoms with Crippen molar-refractivity contribution in [3.05, 3.63) is 36.0 Å². The van der Waals surface area contributed by atoms with Crippen LogP contribution in [0.4, 0.5) is 0 Å². The third kappa shape index (κ3) is 8.89. The number of hydrogen-bond donors (Lipinski definition) is 5. The molecule has 0 aromatic rings. The molecular weight excluding hydrogens is 724 g/mol. The van der Waals surface area contributed by atoms with Gasteiger partial charge in [0.15, 0.2) is 17.2 Å². The van der Waals surface area contributed by atoms with Gasteiger partial charge in [0.1, 0.15) is 24.4 Å². The summed E-state index contributed by atoms with van der Waals surface area (Å²) in [4.78, 5) is 11.6. The Labute approximate surface area is 331 Å². The molecule has 3 spiro atoms. The van der Waals surface area contributed by atoms with Gasteiger partial charge in [0.25, 0.3) is 0 Å². The van der Waals surface area contributed by atoms with Gasteiger partial charge in [0, 0.05) is 38.0 Å². The third-order valence-electron chi connectivity index (χ3n) is 13.6. The van der Waals surface area contributed by atoms with Crippen molar-refractivity contribution in [3.8, 4) is 0 Å². The molecule has 7 aliphatic rings. The lowest BCUT2D eigenvalue weighted by molar-refractivity contribution is -0.320. The summed E-state index contributed by atoms with van der Waals surface area (Å²) in [5.74, 6) is -4.11. The number of carboxylic acid groups (broad SMARTS) is 1. The first-order chi connectivity index (χ1) is 26.5. The van der Waals surface area contributed by atoms with Crippen molar-refractivity contribution in [2.75, 3.05) is 6.61 Å². The van der Waals surface area contributed by atoms with E-state index in [1.165, 1.54) is 6.92 Å². The summed E-state index contributed by atoms with van der Waals surface area (Å²) < 4.78 is 45.0. The van der Waals surface area contributed by atoms with Crippen molar-refractivity contribution in [2.24, 2.45) is 11.8 Å². The Balaban J connectivity index is 0.915. The molecule has 316 valence electrons. The van der Waals surface area contributed by atoms with Crippen LogP contribution in [-0.2, 0) is 38.0 Å². The maximum absolute atomic E-state index is 11.6. The van der Waals surface area contributed by atoms with Crippen LogP contribution in [0.2, 0.25) is 0 Å². The Hall–Kier alpha value is -1.75. The zero-order chi connectivity index (χ0) is 40.0. The summed E-state index contributed by atoms with van der Waals surface area (Å²) >= 11 is 0. The van der Waals surface area contributed by atoms with Gasteiger partial charge in [-0.1, -0.05) is 38.2 Å². The van der Waals surface area contributed by atoms with Crippen molar-refractivity contribution < 1.29 is 63.5 Å². The Morgan fingerprint density at radius 2 is 1.73 bits per heavy atom. The summed E-state index contributed by atoms with van der Waals surface area (Å²) in [5.41, 5.74) is -0.548. The van der Waals surface area contributed by atoms with Gasteiger partial charge in [0.05, 0.1) is 43.2 Å². The van der Waals surface area contributed by atoms with Crippen LogP contribution in [-0.4, -0.2) is 122 Å². The van der Waals surface area contributed by atoms with Crippen molar-refractivity contribution in [1.82, 2.24) is 0 Å². The second-order valence-electron chi connectivity index (χ2n) is 18.3. The summed E-state index contributed by atoms with van der Waals surface area (Å²) in [7, 11) is 0. The van der Waals surface area contributed by atoms with E-state index < -0.39 is 71.7 Å². The lowest BCUT2D eigenvalue weighted by Crippen LogP contribution is -2.60. The molecule has 0 aromatic heterocycles. The first kappa shape index (κ1) is 42.4. The van der Waals surface area contributed by atoms with Gasteiger partial charge in [-0.25, -0.2) is 4.79 Å². The van der Waals surface area contributed by atoms with E-state index in [0.717, 1.165) is 57.1 Å². The molecule has 7 aliphatic heterocycles. The van der Waals surface area contributed by atoms with Gasteiger partial charge in [-0.3, -0.25) is 0 Å². The first-order valence-electron chi connectivity index (χ1n) is 21.3. The number of aliphatic hydroxyl groups is 4. The fourth-order valence-electron chi connectivity index (χ4n) is 10.2. The predicted octanol–water partition coefficient (Wildman–Crippen LogP) is 4.97. The highest BCUT2D eigenvalue weighted by Crippen LogP contribution is 2.47. The summed E-state index contributed by atoms with van der Waals surface area (Å²) in [6, 6.07) is 0. The molecule has 3 unspecified atom stereocenters. The topological polar surface area (TPSA) is 183 Å².